The zero-order valence-electron chi connectivity index (χ0n) is 8.65. The van der Waals surface area contributed by atoms with Crippen LogP contribution in [0.25, 0.3) is 11.1 Å². The van der Waals surface area contributed by atoms with Crippen LogP contribution in [0.1, 0.15) is 5.56 Å². The molecule has 0 aromatic heterocycles. The molecule has 3 heteroatoms. The number of phenolic OH excluding ortho intramolecular Hbond substituents is 1. The van der Waals surface area contributed by atoms with Gasteiger partial charge in [0.15, 0.2) is 0 Å². The lowest BCUT2D eigenvalue weighted by Crippen LogP contribution is -1.97. The Morgan fingerprint density at radius 3 is 2.56 bits per heavy atom. The van der Waals surface area contributed by atoms with E-state index < -0.39 is 0 Å². The Labute approximate surface area is 93.2 Å². The molecule has 0 spiro atoms. The molecule has 0 heterocycles. The number of aromatic hydroxyl groups is 1. The van der Waals surface area contributed by atoms with Gasteiger partial charge in [0, 0.05) is 17.7 Å². The molecule has 0 amide bonds. The van der Waals surface area contributed by atoms with Gasteiger partial charge in [0.25, 0.3) is 0 Å². The van der Waals surface area contributed by atoms with Crippen LogP contribution in [-0.2, 0) is 6.54 Å². The molecular weight excluding hydrogens is 205 g/mol. The molecule has 0 radical (unpaired) electrons. The largest absolute Gasteiger partial charge is 0.508 e. The van der Waals surface area contributed by atoms with Gasteiger partial charge in [-0.1, -0.05) is 24.3 Å². The molecule has 0 aliphatic carbocycles. The third-order valence-electron chi connectivity index (χ3n) is 2.48. The van der Waals surface area contributed by atoms with Crippen molar-refractivity contribution < 1.29 is 9.50 Å². The molecule has 0 aliphatic rings. The van der Waals surface area contributed by atoms with Crippen molar-refractivity contribution in [3.63, 3.8) is 0 Å². The highest BCUT2D eigenvalue weighted by atomic mass is 19.1. The van der Waals surface area contributed by atoms with E-state index in [-0.39, 0.29) is 18.1 Å². The average Bonchev–Trinajstić information content (AvgIpc) is 2.31. The van der Waals surface area contributed by atoms with E-state index in [9.17, 15) is 9.50 Å². The van der Waals surface area contributed by atoms with Gasteiger partial charge in [-0.3, -0.25) is 0 Å². The fourth-order valence-electron chi connectivity index (χ4n) is 1.61. The van der Waals surface area contributed by atoms with E-state index in [1.807, 2.05) is 0 Å². The summed E-state index contributed by atoms with van der Waals surface area (Å²) in [6, 6.07) is 11.4. The van der Waals surface area contributed by atoms with Crippen LogP contribution in [-0.4, -0.2) is 5.11 Å². The summed E-state index contributed by atoms with van der Waals surface area (Å²) in [6.07, 6.45) is 0. The van der Waals surface area contributed by atoms with Crippen LogP contribution in [0.2, 0.25) is 0 Å². The SMILES string of the molecule is NCc1cc(-c2ccccc2F)ccc1O. The number of halogens is 1. The zero-order chi connectivity index (χ0) is 11.5. The highest BCUT2D eigenvalue weighted by molar-refractivity contribution is 5.66. The standard InChI is InChI=1S/C13H12FNO/c14-12-4-2-1-3-11(12)9-5-6-13(16)10(7-9)8-15/h1-7,16H,8,15H2. The summed E-state index contributed by atoms with van der Waals surface area (Å²) in [4.78, 5) is 0. The van der Waals surface area contributed by atoms with Crippen molar-refractivity contribution in [1.29, 1.82) is 0 Å². The minimum atomic E-state index is -0.281. The zero-order valence-corrected chi connectivity index (χ0v) is 8.65. The topological polar surface area (TPSA) is 46.2 Å². The summed E-state index contributed by atoms with van der Waals surface area (Å²) < 4.78 is 13.5. The number of rotatable bonds is 2. The molecule has 0 saturated carbocycles. The number of nitrogens with two attached hydrogens (primary N) is 1. The first-order valence-corrected chi connectivity index (χ1v) is 4.99. The van der Waals surface area contributed by atoms with Gasteiger partial charge in [0.1, 0.15) is 11.6 Å². The van der Waals surface area contributed by atoms with Crippen molar-refractivity contribution in [2.75, 3.05) is 0 Å². The maximum absolute atomic E-state index is 13.5. The van der Waals surface area contributed by atoms with Crippen molar-refractivity contribution in [2.24, 2.45) is 5.73 Å². The first-order valence-electron chi connectivity index (χ1n) is 4.99. The highest BCUT2D eigenvalue weighted by Crippen LogP contribution is 2.27. The second kappa shape index (κ2) is 4.33. The molecule has 0 saturated heterocycles. The fourth-order valence-corrected chi connectivity index (χ4v) is 1.61. The van der Waals surface area contributed by atoms with Gasteiger partial charge in [-0.25, -0.2) is 4.39 Å². The molecular formula is C13H12FNO. The van der Waals surface area contributed by atoms with Crippen molar-refractivity contribution >= 4 is 0 Å². The Morgan fingerprint density at radius 1 is 1.12 bits per heavy atom. The third kappa shape index (κ3) is 1.90. The van der Waals surface area contributed by atoms with Crippen LogP contribution in [0.4, 0.5) is 4.39 Å². The lowest BCUT2D eigenvalue weighted by molar-refractivity contribution is 0.468. The Hall–Kier alpha value is -1.87. The van der Waals surface area contributed by atoms with E-state index in [1.165, 1.54) is 12.1 Å². The minimum Gasteiger partial charge on any atom is -0.508 e. The van der Waals surface area contributed by atoms with Crippen LogP contribution < -0.4 is 5.73 Å². The quantitative estimate of drug-likeness (QED) is 0.812. The molecule has 2 aromatic carbocycles. The summed E-state index contributed by atoms with van der Waals surface area (Å²) >= 11 is 0. The van der Waals surface area contributed by atoms with Crippen LogP contribution in [0.3, 0.4) is 0 Å². The van der Waals surface area contributed by atoms with Crippen molar-refractivity contribution in [1.82, 2.24) is 0 Å². The van der Waals surface area contributed by atoms with Gasteiger partial charge in [0.2, 0.25) is 0 Å². The number of phenols is 1. The predicted molar refractivity (Wildman–Crippen MR) is 61.4 cm³/mol. The van der Waals surface area contributed by atoms with E-state index in [4.69, 9.17) is 5.73 Å². The first kappa shape index (κ1) is 10.6. The lowest BCUT2D eigenvalue weighted by Gasteiger charge is -2.07. The van der Waals surface area contributed by atoms with Crippen LogP contribution in [0.5, 0.6) is 5.75 Å². The maximum Gasteiger partial charge on any atom is 0.131 e. The van der Waals surface area contributed by atoms with Gasteiger partial charge in [-0.2, -0.15) is 0 Å². The number of hydrogen-bond donors (Lipinski definition) is 2. The van der Waals surface area contributed by atoms with Crippen molar-refractivity contribution in [2.45, 2.75) is 6.54 Å². The van der Waals surface area contributed by atoms with E-state index in [1.54, 1.807) is 30.3 Å². The Kier molecular flexibility index (Phi) is 2.88. The van der Waals surface area contributed by atoms with Gasteiger partial charge in [-0.05, 0) is 23.8 Å². The summed E-state index contributed by atoms with van der Waals surface area (Å²) in [6.45, 7) is 0.230. The number of benzene rings is 2. The fraction of sp³-hybridized carbons (Fsp3) is 0.0769. The molecule has 0 fully saturated rings. The monoisotopic (exact) mass is 217 g/mol. The second-order valence-electron chi connectivity index (χ2n) is 3.53. The molecule has 3 N–H and O–H groups in total. The maximum atomic E-state index is 13.5. The van der Waals surface area contributed by atoms with Gasteiger partial charge in [-0.15, -0.1) is 0 Å². The van der Waals surface area contributed by atoms with E-state index in [0.29, 0.717) is 11.1 Å². The number of hydrogen-bond acceptors (Lipinski definition) is 2. The summed E-state index contributed by atoms with van der Waals surface area (Å²) in [5.41, 5.74) is 7.32. The van der Waals surface area contributed by atoms with E-state index in [2.05, 4.69) is 0 Å². The Morgan fingerprint density at radius 2 is 1.88 bits per heavy atom. The van der Waals surface area contributed by atoms with Gasteiger partial charge >= 0.3 is 0 Å². The molecule has 2 aromatic rings. The molecule has 0 bridgehead atoms. The molecule has 82 valence electrons. The smallest absolute Gasteiger partial charge is 0.131 e. The third-order valence-corrected chi connectivity index (χ3v) is 2.48. The first-order chi connectivity index (χ1) is 7.72. The van der Waals surface area contributed by atoms with Crippen LogP contribution in [0.15, 0.2) is 42.5 Å². The van der Waals surface area contributed by atoms with Crippen molar-refractivity contribution in [3.8, 4) is 16.9 Å². The normalized spacial score (nSPS) is 10.4. The molecule has 2 nitrogen and oxygen atoms in total. The Balaban J connectivity index is 2.53. The average molecular weight is 217 g/mol. The molecule has 0 unspecified atom stereocenters. The minimum absolute atomic E-state index is 0.141. The van der Waals surface area contributed by atoms with Crippen LogP contribution >= 0.6 is 0 Å². The van der Waals surface area contributed by atoms with Gasteiger partial charge in [0.05, 0.1) is 0 Å². The van der Waals surface area contributed by atoms with E-state index in [0.717, 1.165) is 5.56 Å². The molecule has 0 atom stereocenters. The second-order valence-corrected chi connectivity index (χ2v) is 3.53. The van der Waals surface area contributed by atoms with E-state index >= 15 is 0 Å². The van der Waals surface area contributed by atoms with Gasteiger partial charge < -0.3 is 10.8 Å². The molecule has 0 aliphatic heterocycles. The van der Waals surface area contributed by atoms with Crippen molar-refractivity contribution in [3.05, 3.63) is 53.8 Å². The highest BCUT2D eigenvalue weighted by Gasteiger charge is 2.06. The summed E-state index contributed by atoms with van der Waals surface area (Å²) in [5.74, 6) is -0.140. The molecule has 2 rings (SSSR count). The van der Waals surface area contributed by atoms with Crippen LogP contribution in [0, 0.1) is 5.82 Å². The lowest BCUT2D eigenvalue weighted by atomic mass is 10.0. The summed E-state index contributed by atoms with van der Waals surface area (Å²) in [7, 11) is 0. The molecule has 16 heavy (non-hydrogen) atoms. The summed E-state index contributed by atoms with van der Waals surface area (Å²) in [5, 5.41) is 9.48. The predicted octanol–water partition coefficient (Wildman–Crippen LogP) is 2.66. The Bertz CT molecular complexity index is 511.